The Hall–Kier alpha value is 0.590. The van der Waals surface area contributed by atoms with Gasteiger partial charge >= 0.3 is 0 Å². The standard InChI is InChI=1S/C12H18Cl5N3/c1-4-5-6-20-9(7-8(2)3)10(18-19-20)11(13,14)12(15,16)17/h8H,4-7H2,1-3H3. The lowest BCUT2D eigenvalue weighted by Gasteiger charge is -2.26. The highest BCUT2D eigenvalue weighted by molar-refractivity contribution is 6.75. The molecule has 0 aliphatic heterocycles. The zero-order chi connectivity index (χ0) is 15.6. The minimum Gasteiger partial charge on any atom is -0.249 e. The van der Waals surface area contributed by atoms with Crippen molar-refractivity contribution in [2.75, 3.05) is 0 Å². The summed E-state index contributed by atoms with van der Waals surface area (Å²) in [6, 6.07) is 0. The molecule has 0 bridgehead atoms. The van der Waals surface area contributed by atoms with E-state index in [0.29, 0.717) is 18.0 Å². The van der Waals surface area contributed by atoms with Crippen molar-refractivity contribution in [3.63, 3.8) is 0 Å². The Kier molecular flexibility index (Phi) is 6.74. The first-order valence-corrected chi connectivity index (χ1v) is 8.37. The van der Waals surface area contributed by atoms with Gasteiger partial charge in [-0.1, -0.05) is 90.4 Å². The molecule has 0 atom stereocenters. The molecule has 8 heteroatoms. The van der Waals surface area contributed by atoms with Crippen molar-refractivity contribution >= 4 is 58.0 Å². The third-order valence-electron chi connectivity index (χ3n) is 2.82. The summed E-state index contributed by atoms with van der Waals surface area (Å²) in [7, 11) is 0. The average Bonchev–Trinajstić information content (AvgIpc) is 2.67. The maximum Gasteiger partial charge on any atom is 0.228 e. The van der Waals surface area contributed by atoms with Crippen molar-refractivity contribution in [3.05, 3.63) is 11.4 Å². The van der Waals surface area contributed by atoms with Gasteiger partial charge in [-0.25, -0.2) is 4.68 Å². The van der Waals surface area contributed by atoms with Crippen molar-refractivity contribution in [3.8, 4) is 0 Å². The SMILES string of the molecule is CCCCn1nnc(C(Cl)(Cl)C(Cl)(Cl)Cl)c1CC(C)C. The fraction of sp³-hybridized carbons (Fsp3) is 0.833. The van der Waals surface area contributed by atoms with Crippen molar-refractivity contribution in [2.45, 2.75) is 54.7 Å². The molecule has 0 unspecified atom stereocenters. The number of alkyl halides is 5. The monoisotopic (exact) mass is 379 g/mol. The minimum absolute atomic E-state index is 0.325. The van der Waals surface area contributed by atoms with Gasteiger partial charge in [0.15, 0.2) is 0 Å². The van der Waals surface area contributed by atoms with Gasteiger partial charge in [0.1, 0.15) is 5.69 Å². The van der Waals surface area contributed by atoms with Crippen molar-refractivity contribution < 1.29 is 0 Å². The van der Waals surface area contributed by atoms with E-state index in [1.54, 1.807) is 4.68 Å². The number of halogens is 5. The van der Waals surface area contributed by atoms with Crippen molar-refractivity contribution in [1.82, 2.24) is 15.0 Å². The first kappa shape index (κ1) is 18.6. The van der Waals surface area contributed by atoms with Crippen LogP contribution in [0.1, 0.15) is 45.0 Å². The van der Waals surface area contributed by atoms with E-state index in [1.165, 1.54) is 0 Å². The molecule has 0 aromatic carbocycles. The Balaban J connectivity index is 3.22. The van der Waals surface area contributed by atoms with Crippen LogP contribution in [0.4, 0.5) is 0 Å². The fourth-order valence-corrected chi connectivity index (χ4v) is 2.35. The molecule has 1 aromatic rings. The number of aromatic nitrogens is 3. The first-order valence-electron chi connectivity index (χ1n) is 6.48. The third kappa shape index (κ3) is 4.30. The highest BCUT2D eigenvalue weighted by atomic mass is 35.6. The van der Waals surface area contributed by atoms with E-state index in [-0.39, 0.29) is 0 Å². The normalized spacial score (nSPS) is 13.2. The van der Waals surface area contributed by atoms with Gasteiger partial charge in [0.05, 0.1) is 5.69 Å². The molecule has 3 nitrogen and oxygen atoms in total. The zero-order valence-corrected chi connectivity index (χ0v) is 15.4. The third-order valence-corrected chi connectivity index (χ3v) is 5.17. The fourth-order valence-electron chi connectivity index (χ4n) is 1.79. The van der Waals surface area contributed by atoms with E-state index in [2.05, 4.69) is 31.1 Å². The maximum atomic E-state index is 6.23. The van der Waals surface area contributed by atoms with Crippen LogP contribution in [0.3, 0.4) is 0 Å². The van der Waals surface area contributed by atoms with E-state index in [9.17, 15) is 0 Å². The molecule has 0 N–H and O–H groups in total. The highest BCUT2D eigenvalue weighted by Crippen LogP contribution is 2.53. The van der Waals surface area contributed by atoms with E-state index in [1.807, 2.05) is 0 Å². The summed E-state index contributed by atoms with van der Waals surface area (Å²) in [5, 5.41) is 8.16. The lowest BCUT2D eigenvalue weighted by Crippen LogP contribution is -2.30. The molecule has 1 heterocycles. The van der Waals surface area contributed by atoms with Gasteiger partial charge < -0.3 is 0 Å². The Morgan fingerprint density at radius 3 is 2.20 bits per heavy atom. The summed E-state index contributed by atoms with van der Waals surface area (Å²) >= 11 is 30.1. The van der Waals surface area contributed by atoms with Gasteiger partial charge in [0, 0.05) is 6.54 Å². The van der Waals surface area contributed by atoms with Crippen LogP contribution >= 0.6 is 58.0 Å². The molecule has 0 fully saturated rings. The largest absolute Gasteiger partial charge is 0.249 e. The number of hydrogen-bond donors (Lipinski definition) is 0. The van der Waals surface area contributed by atoms with Crippen LogP contribution < -0.4 is 0 Å². The molecule has 1 rings (SSSR count). The van der Waals surface area contributed by atoms with Crippen molar-refractivity contribution in [2.24, 2.45) is 5.92 Å². The molecular weight excluding hydrogens is 363 g/mol. The smallest absolute Gasteiger partial charge is 0.228 e. The predicted octanol–water partition coefficient (Wildman–Crippen LogP) is 5.28. The van der Waals surface area contributed by atoms with Gasteiger partial charge in [0.2, 0.25) is 8.13 Å². The van der Waals surface area contributed by atoms with Gasteiger partial charge in [-0.05, 0) is 18.8 Å². The molecule has 0 radical (unpaired) electrons. The van der Waals surface area contributed by atoms with E-state index in [0.717, 1.165) is 25.1 Å². The van der Waals surface area contributed by atoms with Crippen molar-refractivity contribution in [1.29, 1.82) is 0 Å². The van der Waals surface area contributed by atoms with Crippen LogP contribution in [-0.2, 0) is 17.3 Å². The van der Waals surface area contributed by atoms with Crippen LogP contribution in [0.5, 0.6) is 0 Å². The second-order valence-electron chi connectivity index (χ2n) is 5.13. The molecular formula is C12H18Cl5N3. The Bertz CT molecular complexity index is 437. The number of unbranched alkanes of at least 4 members (excludes halogenated alkanes) is 1. The molecule has 0 aliphatic carbocycles. The van der Waals surface area contributed by atoms with Crippen LogP contribution in [0, 0.1) is 5.92 Å². The Morgan fingerprint density at radius 1 is 1.15 bits per heavy atom. The summed E-state index contributed by atoms with van der Waals surface area (Å²) < 4.78 is -1.81. The maximum absolute atomic E-state index is 6.23. The molecule has 116 valence electrons. The molecule has 0 aliphatic rings. The highest BCUT2D eigenvalue weighted by Gasteiger charge is 2.51. The van der Waals surface area contributed by atoms with E-state index >= 15 is 0 Å². The summed E-state index contributed by atoms with van der Waals surface area (Å²) in [6.45, 7) is 7.02. The van der Waals surface area contributed by atoms with Gasteiger partial charge in [-0.3, -0.25) is 0 Å². The first-order chi connectivity index (χ1) is 9.11. The summed E-state index contributed by atoms with van der Waals surface area (Å²) in [4.78, 5) is 0. The van der Waals surface area contributed by atoms with E-state index in [4.69, 9.17) is 58.0 Å². The summed E-state index contributed by atoms with van der Waals surface area (Å²) in [5.74, 6) is 0.382. The number of rotatable bonds is 6. The molecule has 20 heavy (non-hydrogen) atoms. The minimum atomic E-state index is -1.88. The molecule has 0 amide bonds. The summed E-state index contributed by atoms with van der Waals surface area (Å²) in [5.41, 5.74) is 1.15. The number of nitrogens with zero attached hydrogens (tertiary/aromatic N) is 3. The Morgan fingerprint density at radius 2 is 1.75 bits per heavy atom. The molecule has 0 saturated carbocycles. The van der Waals surface area contributed by atoms with Gasteiger partial charge in [0.25, 0.3) is 0 Å². The predicted molar refractivity (Wildman–Crippen MR) is 87.1 cm³/mol. The van der Waals surface area contributed by atoms with Crippen LogP contribution in [0.2, 0.25) is 0 Å². The lowest BCUT2D eigenvalue weighted by atomic mass is 10.1. The molecule has 0 spiro atoms. The van der Waals surface area contributed by atoms with Crippen LogP contribution in [0.25, 0.3) is 0 Å². The molecule has 1 aromatic heterocycles. The Labute approximate surface area is 144 Å². The second-order valence-corrected chi connectivity index (χ2v) is 8.74. The lowest BCUT2D eigenvalue weighted by molar-refractivity contribution is 0.510. The molecule has 0 saturated heterocycles. The van der Waals surface area contributed by atoms with Gasteiger partial charge in [-0.2, -0.15) is 0 Å². The average molecular weight is 382 g/mol. The number of aryl methyl sites for hydroxylation is 1. The second kappa shape index (κ2) is 7.23. The zero-order valence-electron chi connectivity index (χ0n) is 11.6. The number of hydrogen-bond acceptors (Lipinski definition) is 2. The summed E-state index contributed by atoms with van der Waals surface area (Å²) in [6.07, 6.45) is 2.75. The topological polar surface area (TPSA) is 30.7 Å². The van der Waals surface area contributed by atoms with Crippen LogP contribution in [-0.4, -0.2) is 18.8 Å². The van der Waals surface area contributed by atoms with E-state index < -0.39 is 8.13 Å². The quantitative estimate of drug-likeness (QED) is 0.628. The van der Waals surface area contributed by atoms with Crippen LogP contribution in [0.15, 0.2) is 0 Å². The van der Waals surface area contributed by atoms with Gasteiger partial charge in [-0.15, -0.1) is 5.10 Å².